The predicted molar refractivity (Wildman–Crippen MR) is 45.5 cm³/mol. The summed E-state index contributed by atoms with van der Waals surface area (Å²) in [5.41, 5.74) is 5.55. The number of rotatable bonds is 2. The third-order valence-electron chi connectivity index (χ3n) is 2.18. The highest BCUT2D eigenvalue weighted by Crippen LogP contribution is 2.09. The third-order valence-corrected chi connectivity index (χ3v) is 2.18. The van der Waals surface area contributed by atoms with Crippen LogP contribution in [0.5, 0.6) is 0 Å². The molecule has 5 heteroatoms. The van der Waals surface area contributed by atoms with Gasteiger partial charge in [0.15, 0.2) is 5.82 Å². The van der Waals surface area contributed by atoms with E-state index in [4.69, 9.17) is 5.73 Å². The minimum absolute atomic E-state index is 0.497. The molecule has 5 nitrogen and oxygen atoms in total. The first-order valence-electron chi connectivity index (χ1n) is 4.12. The van der Waals surface area contributed by atoms with Gasteiger partial charge in [-0.15, -0.1) is 0 Å². The van der Waals surface area contributed by atoms with E-state index in [0.29, 0.717) is 11.9 Å². The van der Waals surface area contributed by atoms with E-state index >= 15 is 0 Å². The molecule has 0 aromatic carbocycles. The van der Waals surface area contributed by atoms with E-state index in [2.05, 4.69) is 15.4 Å². The molecule has 0 amide bonds. The van der Waals surface area contributed by atoms with E-state index in [0.717, 1.165) is 25.3 Å². The van der Waals surface area contributed by atoms with Crippen molar-refractivity contribution in [3.05, 3.63) is 5.82 Å². The average Bonchev–Trinajstić information content (AvgIpc) is 2.24. The number of aromatic nitrogens is 3. The van der Waals surface area contributed by atoms with Crippen molar-refractivity contribution in [2.45, 2.75) is 6.42 Å². The van der Waals surface area contributed by atoms with Crippen molar-refractivity contribution in [1.82, 2.24) is 20.1 Å². The van der Waals surface area contributed by atoms with Crippen LogP contribution in [0.15, 0.2) is 0 Å². The Bertz CT molecular complexity index is 256. The van der Waals surface area contributed by atoms with Crippen LogP contribution in [0.1, 0.15) is 5.82 Å². The predicted octanol–water partition coefficient (Wildman–Crippen LogP) is -0.841. The molecule has 0 saturated carbocycles. The van der Waals surface area contributed by atoms with Crippen LogP contribution >= 0.6 is 0 Å². The summed E-state index contributed by atoms with van der Waals surface area (Å²) in [5, 5.41) is 7.39. The monoisotopic (exact) mass is 167 g/mol. The lowest BCUT2D eigenvalue weighted by Gasteiger charge is -2.25. The zero-order chi connectivity index (χ0) is 8.55. The minimum Gasteiger partial charge on any atom is -0.368 e. The fourth-order valence-electron chi connectivity index (χ4n) is 1.29. The molecular weight excluding hydrogens is 154 g/mol. The molecule has 1 aliphatic heterocycles. The summed E-state index contributed by atoms with van der Waals surface area (Å²) in [4.78, 5) is 4.13. The van der Waals surface area contributed by atoms with Gasteiger partial charge in [0, 0.05) is 13.5 Å². The van der Waals surface area contributed by atoms with Crippen LogP contribution in [-0.4, -0.2) is 27.9 Å². The number of nitrogens with one attached hydrogen (secondary N) is 1. The topological polar surface area (TPSA) is 68.8 Å². The van der Waals surface area contributed by atoms with Crippen molar-refractivity contribution < 1.29 is 0 Å². The van der Waals surface area contributed by atoms with E-state index < -0.39 is 0 Å². The molecule has 0 atom stereocenters. The third kappa shape index (κ3) is 1.27. The Morgan fingerprint density at radius 1 is 1.67 bits per heavy atom. The second kappa shape index (κ2) is 2.75. The van der Waals surface area contributed by atoms with Crippen molar-refractivity contribution in [1.29, 1.82) is 0 Å². The number of nitrogen functional groups attached to an aromatic ring is 1. The highest BCUT2D eigenvalue weighted by atomic mass is 15.4. The van der Waals surface area contributed by atoms with Crippen LogP contribution in [0.4, 0.5) is 5.95 Å². The molecule has 0 bridgehead atoms. The number of anilines is 1. The van der Waals surface area contributed by atoms with Gasteiger partial charge in [-0.05, 0) is 19.0 Å². The Kier molecular flexibility index (Phi) is 1.73. The summed E-state index contributed by atoms with van der Waals surface area (Å²) in [6.45, 7) is 2.16. The molecule has 0 aliphatic carbocycles. The normalized spacial score (nSPS) is 17.8. The van der Waals surface area contributed by atoms with Gasteiger partial charge >= 0.3 is 0 Å². The maximum atomic E-state index is 5.55. The Hall–Kier alpha value is -1.10. The van der Waals surface area contributed by atoms with Gasteiger partial charge in [0.1, 0.15) is 0 Å². The molecule has 0 spiro atoms. The smallest absolute Gasteiger partial charge is 0.218 e. The first kappa shape index (κ1) is 7.54. The molecule has 0 unspecified atom stereocenters. The number of aryl methyl sites for hydroxylation is 1. The second-order valence-electron chi connectivity index (χ2n) is 3.24. The van der Waals surface area contributed by atoms with Crippen LogP contribution in [0, 0.1) is 5.92 Å². The van der Waals surface area contributed by atoms with Crippen LogP contribution in [0.25, 0.3) is 0 Å². The molecule has 2 heterocycles. The van der Waals surface area contributed by atoms with Crippen molar-refractivity contribution in [2.24, 2.45) is 13.0 Å². The van der Waals surface area contributed by atoms with Gasteiger partial charge in [-0.2, -0.15) is 10.1 Å². The fraction of sp³-hybridized carbons (Fsp3) is 0.714. The molecule has 0 radical (unpaired) electrons. The lowest BCUT2D eigenvalue weighted by molar-refractivity contribution is 0.341. The molecular formula is C7H13N5. The van der Waals surface area contributed by atoms with Gasteiger partial charge in [-0.1, -0.05) is 0 Å². The van der Waals surface area contributed by atoms with Crippen LogP contribution in [0.2, 0.25) is 0 Å². The highest BCUT2D eigenvalue weighted by molar-refractivity contribution is 5.15. The van der Waals surface area contributed by atoms with Gasteiger partial charge in [-0.3, -0.25) is 0 Å². The average molecular weight is 167 g/mol. The molecule has 1 fully saturated rings. The second-order valence-corrected chi connectivity index (χ2v) is 3.24. The largest absolute Gasteiger partial charge is 0.368 e. The highest BCUT2D eigenvalue weighted by Gasteiger charge is 2.19. The van der Waals surface area contributed by atoms with Crippen molar-refractivity contribution in [2.75, 3.05) is 18.8 Å². The molecule has 2 rings (SSSR count). The number of hydrogen-bond acceptors (Lipinski definition) is 4. The summed E-state index contributed by atoms with van der Waals surface area (Å²) >= 11 is 0. The quantitative estimate of drug-likeness (QED) is 0.602. The summed E-state index contributed by atoms with van der Waals surface area (Å²) in [7, 11) is 1.81. The van der Waals surface area contributed by atoms with Gasteiger partial charge in [-0.25, -0.2) is 4.68 Å². The van der Waals surface area contributed by atoms with Crippen molar-refractivity contribution in [3.63, 3.8) is 0 Å². The summed E-state index contributed by atoms with van der Waals surface area (Å²) in [6, 6.07) is 0. The molecule has 1 aromatic heterocycles. The maximum Gasteiger partial charge on any atom is 0.218 e. The number of nitrogens with zero attached hydrogens (tertiary/aromatic N) is 3. The van der Waals surface area contributed by atoms with Crippen LogP contribution in [-0.2, 0) is 13.5 Å². The van der Waals surface area contributed by atoms with Crippen LogP contribution < -0.4 is 11.1 Å². The Morgan fingerprint density at radius 3 is 2.83 bits per heavy atom. The molecule has 1 aromatic rings. The van der Waals surface area contributed by atoms with Gasteiger partial charge in [0.25, 0.3) is 0 Å². The minimum atomic E-state index is 0.497. The van der Waals surface area contributed by atoms with Gasteiger partial charge in [0.05, 0.1) is 0 Å². The maximum absolute atomic E-state index is 5.55. The summed E-state index contributed by atoms with van der Waals surface area (Å²) in [5.74, 6) is 2.06. The Balaban J connectivity index is 2.02. The van der Waals surface area contributed by atoms with E-state index in [1.54, 1.807) is 4.68 Å². The molecule has 3 N–H and O–H groups in total. The lowest BCUT2D eigenvalue weighted by Crippen LogP contribution is -2.43. The number of nitrogens with two attached hydrogens (primary N) is 1. The zero-order valence-corrected chi connectivity index (χ0v) is 7.12. The Labute approximate surface area is 71.0 Å². The molecule has 12 heavy (non-hydrogen) atoms. The van der Waals surface area contributed by atoms with Crippen molar-refractivity contribution in [3.8, 4) is 0 Å². The van der Waals surface area contributed by atoms with Gasteiger partial charge < -0.3 is 11.1 Å². The fourth-order valence-corrected chi connectivity index (χ4v) is 1.29. The van der Waals surface area contributed by atoms with E-state index in [1.807, 2.05) is 7.05 Å². The molecule has 1 aliphatic rings. The summed E-state index contributed by atoms with van der Waals surface area (Å²) in [6.07, 6.45) is 0.942. The standard InChI is InChI=1S/C7H13N5/c1-12-7(8)10-6(11-12)2-5-3-9-4-5/h5,9H,2-4H2,1H3,(H2,8,10,11). The molecule has 66 valence electrons. The van der Waals surface area contributed by atoms with Crippen molar-refractivity contribution >= 4 is 5.95 Å². The van der Waals surface area contributed by atoms with Crippen LogP contribution in [0.3, 0.4) is 0 Å². The SMILES string of the molecule is Cn1nc(CC2CNC2)nc1N. The zero-order valence-electron chi connectivity index (χ0n) is 7.12. The number of hydrogen-bond donors (Lipinski definition) is 2. The van der Waals surface area contributed by atoms with Gasteiger partial charge in [0.2, 0.25) is 5.95 Å². The lowest BCUT2D eigenvalue weighted by atomic mass is 9.99. The Morgan fingerprint density at radius 2 is 2.42 bits per heavy atom. The first-order valence-corrected chi connectivity index (χ1v) is 4.12. The van der Waals surface area contributed by atoms with E-state index in [9.17, 15) is 0 Å². The first-order chi connectivity index (χ1) is 5.75. The molecule has 1 saturated heterocycles. The van der Waals surface area contributed by atoms with E-state index in [-0.39, 0.29) is 0 Å². The summed E-state index contributed by atoms with van der Waals surface area (Å²) < 4.78 is 1.61. The van der Waals surface area contributed by atoms with E-state index in [1.165, 1.54) is 0 Å².